The molecule has 5 heteroatoms. The Balaban J connectivity index is 0. The smallest absolute Gasteiger partial charge is 0.449 e. The van der Waals surface area contributed by atoms with Crippen LogP contribution in [0.15, 0.2) is 12.2 Å². The molecule has 0 rings (SSSR count). The second-order valence-electron chi connectivity index (χ2n) is 2.02. The van der Waals surface area contributed by atoms with Crippen LogP contribution in [0.2, 0.25) is 6.32 Å². The Morgan fingerprint density at radius 2 is 1.80 bits per heavy atom. The minimum atomic E-state index is -4.65. The van der Waals surface area contributed by atoms with E-state index in [1.165, 1.54) is 0 Å². The quantitative estimate of drug-likeness (QED) is 0.412. The maximum atomic E-state index is 11.5. The normalized spacial score (nSPS) is 10.4. The molecule has 0 radical (unpaired) electrons. The van der Waals surface area contributed by atoms with Crippen LogP contribution in [-0.4, -0.2) is 6.98 Å². The summed E-state index contributed by atoms with van der Waals surface area (Å²) in [5.41, 5.74) is 0.266. The minimum absolute atomic E-state index is 0. The Bertz CT molecular complexity index is 110. The molecule has 0 bridgehead atoms. The third-order valence-electron chi connectivity index (χ3n) is 1.02. The standard InChI is InChI=1S/C5H9BF3.K/c1-3-5(2)4-6(7,8)9;/h2-4H2,1H3;/q-1;+1. The maximum Gasteiger partial charge on any atom is 1.00 e. The second kappa shape index (κ2) is 5.83. The van der Waals surface area contributed by atoms with Gasteiger partial charge >= 0.3 is 58.4 Å². The maximum absolute atomic E-state index is 11.5. The van der Waals surface area contributed by atoms with Crippen molar-refractivity contribution in [2.45, 2.75) is 19.7 Å². The Morgan fingerprint density at radius 3 is 1.90 bits per heavy atom. The van der Waals surface area contributed by atoms with Crippen molar-refractivity contribution in [1.82, 2.24) is 0 Å². The minimum Gasteiger partial charge on any atom is -0.449 e. The van der Waals surface area contributed by atoms with Gasteiger partial charge in [-0.05, 0) is 6.42 Å². The van der Waals surface area contributed by atoms with Crippen molar-refractivity contribution in [1.29, 1.82) is 0 Å². The molecular weight excluding hydrogens is 167 g/mol. The van der Waals surface area contributed by atoms with E-state index in [2.05, 4.69) is 6.58 Å². The van der Waals surface area contributed by atoms with Gasteiger partial charge in [-0.1, -0.05) is 13.2 Å². The average Bonchev–Trinajstić information content (AvgIpc) is 1.62. The molecule has 0 fully saturated rings. The molecule has 0 amide bonds. The summed E-state index contributed by atoms with van der Waals surface area (Å²) >= 11 is 0. The van der Waals surface area contributed by atoms with E-state index >= 15 is 0 Å². The van der Waals surface area contributed by atoms with Crippen LogP contribution >= 0.6 is 0 Å². The van der Waals surface area contributed by atoms with Crippen LogP contribution in [0.3, 0.4) is 0 Å². The fourth-order valence-electron chi connectivity index (χ4n) is 0.472. The molecule has 0 heterocycles. The van der Waals surface area contributed by atoms with E-state index < -0.39 is 13.3 Å². The van der Waals surface area contributed by atoms with E-state index in [0.29, 0.717) is 6.42 Å². The molecule has 0 aromatic heterocycles. The predicted octanol–water partition coefficient (Wildman–Crippen LogP) is -0.196. The van der Waals surface area contributed by atoms with Crippen molar-refractivity contribution in [3.8, 4) is 0 Å². The van der Waals surface area contributed by atoms with Gasteiger partial charge in [0.05, 0.1) is 0 Å². The molecule has 0 aliphatic rings. The van der Waals surface area contributed by atoms with E-state index in [9.17, 15) is 12.9 Å². The molecule has 0 spiro atoms. The van der Waals surface area contributed by atoms with Gasteiger partial charge in [0.25, 0.3) is 0 Å². The summed E-state index contributed by atoms with van der Waals surface area (Å²) in [4.78, 5) is 0. The molecule has 0 atom stereocenters. The Hall–Kier alpha value is 1.23. The first kappa shape index (κ1) is 13.8. The summed E-state index contributed by atoms with van der Waals surface area (Å²) in [6.45, 7) is 0.280. The molecule has 0 saturated heterocycles. The van der Waals surface area contributed by atoms with Crippen LogP contribution in [0.25, 0.3) is 0 Å². The molecule has 54 valence electrons. The zero-order valence-electron chi connectivity index (χ0n) is 6.33. The zero-order valence-corrected chi connectivity index (χ0v) is 9.46. The summed E-state index contributed by atoms with van der Waals surface area (Å²) in [5.74, 6) is 0. The van der Waals surface area contributed by atoms with Gasteiger partial charge < -0.3 is 12.9 Å². The van der Waals surface area contributed by atoms with Gasteiger partial charge in [0.1, 0.15) is 0 Å². The van der Waals surface area contributed by atoms with E-state index in [1.807, 2.05) is 0 Å². The van der Waals surface area contributed by atoms with Gasteiger partial charge in [-0.2, -0.15) is 0 Å². The van der Waals surface area contributed by atoms with Crippen molar-refractivity contribution in [2.75, 3.05) is 0 Å². The van der Waals surface area contributed by atoms with Gasteiger partial charge in [0.15, 0.2) is 0 Å². The summed E-state index contributed by atoms with van der Waals surface area (Å²) in [6.07, 6.45) is -0.363. The van der Waals surface area contributed by atoms with Crippen molar-refractivity contribution in [3.63, 3.8) is 0 Å². The van der Waals surface area contributed by atoms with Crippen molar-refractivity contribution < 1.29 is 64.3 Å². The zero-order chi connectivity index (χ0) is 7.49. The van der Waals surface area contributed by atoms with Gasteiger partial charge in [-0.3, -0.25) is 0 Å². The Kier molecular flexibility index (Phi) is 8.04. The predicted molar refractivity (Wildman–Crippen MR) is 33.3 cm³/mol. The van der Waals surface area contributed by atoms with E-state index in [4.69, 9.17) is 0 Å². The van der Waals surface area contributed by atoms with Crippen LogP contribution in [-0.2, 0) is 0 Å². The second-order valence-corrected chi connectivity index (χ2v) is 2.02. The molecule has 0 aliphatic carbocycles. The van der Waals surface area contributed by atoms with Crippen LogP contribution in [0.1, 0.15) is 13.3 Å². The van der Waals surface area contributed by atoms with Gasteiger partial charge in [0.2, 0.25) is 0 Å². The molecule has 0 N–H and O–H groups in total. The summed E-state index contributed by atoms with van der Waals surface area (Å²) in [6, 6.07) is 0. The monoisotopic (exact) mass is 176 g/mol. The van der Waals surface area contributed by atoms with Crippen LogP contribution in [0, 0.1) is 0 Å². The SMILES string of the molecule is C=C(CC)C[B-](F)(F)F.[K+]. The number of hydrogen-bond donors (Lipinski definition) is 0. The first-order valence-corrected chi connectivity index (χ1v) is 2.83. The topological polar surface area (TPSA) is 0 Å². The third-order valence-corrected chi connectivity index (χ3v) is 1.02. The molecule has 0 nitrogen and oxygen atoms in total. The number of allylic oxidation sites excluding steroid dienone is 1. The first-order valence-electron chi connectivity index (χ1n) is 2.83. The summed E-state index contributed by atoms with van der Waals surface area (Å²) in [7, 11) is 0. The van der Waals surface area contributed by atoms with E-state index in [-0.39, 0.29) is 57.0 Å². The van der Waals surface area contributed by atoms with E-state index in [0.717, 1.165) is 0 Å². The summed E-state index contributed by atoms with van der Waals surface area (Å²) in [5, 5.41) is 0. The average molecular weight is 176 g/mol. The van der Waals surface area contributed by atoms with Crippen molar-refractivity contribution in [3.05, 3.63) is 12.2 Å². The largest absolute Gasteiger partial charge is 1.00 e. The molecule has 0 aromatic carbocycles. The molecule has 0 aliphatic heterocycles. The van der Waals surface area contributed by atoms with Gasteiger partial charge in [-0.25, -0.2) is 0 Å². The Morgan fingerprint density at radius 1 is 1.40 bits per heavy atom. The van der Waals surface area contributed by atoms with Gasteiger partial charge in [0, 0.05) is 0 Å². The number of halogens is 3. The van der Waals surface area contributed by atoms with Gasteiger partial charge in [-0.15, -0.1) is 12.2 Å². The first-order chi connectivity index (χ1) is 3.95. The molecule has 0 aromatic rings. The van der Waals surface area contributed by atoms with Crippen molar-refractivity contribution >= 4 is 6.98 Å². The fraction of sp³-hybridized carbons (Fsp3) is 0.600. The Labute approximate surface area is 102 Å². The number of hydrogen-bond acceptors (Lipinski definition) is 0. The third kappa shape index (κ3) is 9.23. The number of rotatable bonds is 3. The molecule has 0 unspecified atom stereocenters. The van der Waals surface area contributed by atoms with Crippen LogP contribution in [0.5, 0.6) is 0 Å². The molecule has 0 saturated carbocycles. The molecular formula is C5H9BF3K. The molecule has 10 heavy (non-hydrogen) atoms. The van der Waals surface area contributed by atoms with E-state index in [1.54, 1.807) is 6.92 Å². The van der Waals surface area contributed by atoms with Crippen molar-refractivity contribution in [2.24, 2.45) is 0 Å². The summed E-state index contributed by atoms with van der Waals surface area (Å²) < 4.78 is 34.5. The van der Waals surface area contributed by atoms with Crippen LogP contribution in [0.4, 0.5) is 12.9 Å². The van der Waals surface area contributed by atoms with Crippen LogP contribution < -0.4 is 51.4 Å². The fourth-order valence-corrected chi connectivity index (χ4v) is 0.472.